The minimum Gasteiger partial charge on any atom is -0.447 e. The molecule has 1 saturated heterocycles. The van der Waals surface area contributed by atoms with Gasteiger partial charge in [-0.15, -0.1) is 0 Å². The van der Waals surface area contributed by atoms with Gasteiger partial charge >= 0.3 is 0 Å². The van der Waals surface area contributed by atoms with Crippen molar-refractivity contribution in [1.29, 1.82) is 0 Å². The normalized spacial score (nSPS) is 20.4. The van der Waals surface area contributed by atoms with Gasteiger partial charge in [0.2, 0.25) is 5.09 Å². The monoisotopic (exact) mass is 336 g/mol. The lowest BCUT2D eigenvalue weighted by molar-refractivity contribution is 0.389. The molecule has 20 heavy (non-hydrogen) atoms. The Balaban J connectivity index is 1.84. The van der Waals surface area contributed by atoms with Gasteiger partial charge in [-0.25, -0.2) is 12.7 Å². The van der Waals surface area contributed by atoms with Gasteiger partial charge in [0.25, 0.3) is 10.0 Å². The molecule has 114 valence electrons. The largest absolute Gasteiger partial charge is 0.447 e. The van der Waals surface area contributed by atoms with Crippen LogP contribution in [0.2, 0.25) is 0 Å². The molecule has 2 heterocycles. The molecule has 1 aromatic heterocycles. The molecule has 1 N–H and O–H groups in total. The van der Waals surface area contributed by atoms with Gasteiger partial charge in [-0.1, -0.05) is 0 Å². The lowest BCUT2D eigenvalue weighted by atomic mass is 10.4. The zero-order valence-corrected chi connectivity index (χ0v) is 14.1. The summed E-state index contributed by atoms with van der Waals surface area (Å²) in [6.45, 7) is 1.48. The number of furan rings is 1. The van der Waals surface area contributed by atoms with Gasteiger partial charge in [0.15, 0.2) is 0 Å². The predicted molar refractivity (Wildman–Crippen MR) is 84.9 cm³/mol. The summed E-state index contributed by atoms with van der Waals surface area (Å²) >= 11 is 3.99. The highest BCUT2D eigenvalue weighted by Gasteiger charge is 2.21. The Morgan fingerprint density at radius 1 is 1.40 bits per heavy atom. The van der Waals surface area contributed by atoms with Crippen molar-refractivity contribution in [1.82, 2.24) is 9.62 Å². The third-order valence-corrected chi connectivity index (χ3v) is 7.46. The van der Waals surface area contributed by atoms with E-state index in [-0.39, 0.29) is 5.09 Å². The van der Waals surface area contributed by atoms with E-state index in [9.17, 15) is 8.42 Å². The van der Waals surface area contributed by atoms with Gasteiger partial charge in [-0.2, -0.15) is 23.5 Å². The summed E-state index contributed by atoms with van der Waals surface area (Å²) in [5.74, 6) is 4.28. The zero-order valence-electron chi connectivity index (χ0n) is 11.7. The first kappa shape index (κ1) is 16.2. The van der Waals surface area contributed by atoms with E-state index in [4.69, 9.17) is 4.42 Å². The maximum atomic E-state index is 11.9. The standard InChI is InChI=1S/C12H20N2O3S3/c1-14(2)20(15,16)12-4-3-10(17-12)7-13-8-11-9-18-5-6-19-11/h3-4,11,13H,5-9H2,1-2H3. The molecule has 0 spiro atoms. The molecule has 5 nitrogen and oxygen atoms in total. The van der Waals surface area contributed by atoms with Crippen LogP contribution in [0.1, 0.15) is 5.76 Å². The Bertz CT molecular complexity index is 522. The van der Waals surface area contributed by atoms with E-state index >= 15 is 0 Å². The van der Waals surface area contributed by atoms with Crippen LogP contribution in [0.5, 0.6) is 0 Å². The van der Waals surface area contributed by atoms with Crippen LogP contribution in [0, 0.1) is 0 Å². The fraction of sp³-hybridized carbons (Fsp3) is 0.667. The van der Waals surface area contributed by atoms with E-state index in [1.54, 1.807) is 6.07 Å². The van der Waals surface area contributed by atoms with Crippen LogP contribution in [0.25, 0.3) is 0 Å². The van der Waals surface area contributed by atoms with Crippen molar-refractivity contribution < 1.29 is 12.8 Å². The summed E-state index contributed by atoms with van der Waals surface area (Å²) in [6, 6.07) is 3.23. The lowest BCUT2D eigenvalue weighted by Crippen LogP contribution is -2.28. The molecule has 0 aliphatic carbocycles. The summed E-state index contributed by atoms with van der Waals surface area (Å²) in [5, 5.41) is 3.96. The number of nitrogens with zero attached hydrogens (tertiary/aromatic N) is 1. The molecule has 1 aromatic rings. The number of nitrogens with one attached hydrogen (secondary N) is 1. The fourth-order valence-electron chi connectivity index (χ4n) is 1.78. The van der Waals surface area contributed by atoms with Crippen molar-refractivity contribution in [3.05, 3.63) is 17.9 Å². The van der Waals surface area contributed by atoms with Gasteiger partial charge in [-0.05, 0) is 12.1 Å². The fourth-order valence-corrected chi connectivity index (χ4v) is 5.24. The SMILES string of the molecule is CN(C)S(=O)(=O)c1ccc(CNCC2CSCCS2)o1. The van der Waals surface area contributed by atoms with Crippen LogP contribution in [0.15, 0.2) is 21.6 Å². The number of rotatable bonds is 6. The highest BCUT2D eigenvalue weighted by molar-refractivity contribution is 8.06. The van der Waals surface area contributed by atoms with Crippen LogP contribution >= 0.6 is 23.5 Å². The Hall–Kier alpha value is -0.150. The molecule has 0 bridgehead atoms. The second-order valence-electron chi connectivity index (χ2n) is 4.71. The molecule has 2 rings (SSSR count). The van der Waals surface area contributed by atoms with Crippen LogP contribution < -0.4 is 5.32 Å². The van der Waals surface area contributed by atoms with Crippen molar-refractivity contribution in [3.8, 4) is 0 Å². The summed E-state index contributed by atoms with van der Waals surface area (Å²) in [7, 11) is -0.483. The van der Waals surface area contributed by atoms with E-state index in [2.05, 4.69) is 5.32 Å². The minimum atomic E-state index is -3.47. The summed E-state index contributed by atoms with van der Waals surface area (Å²) < 4.78 is 30.3. The Kier molecular flexibility index (Phi) is 5.85. The average Bonchev–Trinajstić information content (AvgIpc) is 2.89. The van der Waals surface area contributed by atoms with Crippen LogP contribution in [-0.2, 0) is 16.6 Å². The van der Waals surface area contributed by atoms with Gasteiger partial charge in [0.05, 0.1) is 6.54 Å². The third-order valence-electron chi connectivity index (χ3n) is 2.93. The number of sulfonamides is 1. The Morgan fingerprint density at radius 3 is 2.85 bits per heavy atom. The smallest absolute Gasteiger partial charge is 0.275 e. The number of thioether (sulfide) groups is 2. The van der Waals surface area contributed by atoms with Gasteiger partial charge in [0.1, 0.15) is 5.76 Å². The number of hydrogen-bond donors (Lipinski definition) is 1. The molecule has 1 unspecified atom stereocenters. The van der Waals surface area contributed by atoms with Crippen molar-refractivity contribution in [2.75, 3.05) is 37.9 Å². The second-order valence-corrected chi connectivity index (χ2v) is 9.35. The third kappa shape index (κ3) is 4.17. The first-order valence-corrected chi connectivity index (χ1v) is 10.1. The quantitative estimate of drug-likeness (QED) is 0.849. The molecule has 1 aliphatic rings. The lowest BCUT2D eigenvalue weighted by Gasteiger charge is -2.20. The maximum Gasteiger partial charge on any atom is 0.275 e. The summed E-state index contributed by atoms with van der Waals surface area (Å²) in [6.07, 6.45) is 0. The zero-order chi connectivity index (χ0) is 14.6. The molecule has 1 fully saturated rings. The van der Waals surface area contributed by atoms with Crippen LogP contribution in [-0.4, -0.2) is 55.9 Å². The molecule has 0 aromatic carbocycles. The highest BCUT2D eigenvalue weighted by Crippen LogP contribution is 2.23. The van der Waals surface area contributed by atoms with E-state index in [0.29, 0.717) is 17.6 Å². The minimum absolute atomic E-state index is 0.00176. The van der Waals surface area contributed by atoms with Gasteiger partial charge in [0, 0.05) is 43.1 Å². The second kappa shape index (κ2) is 7.22. The van der Waals surface area contributed by atoms with Gasteiger partial charge < -0.3 is 9.73 Å². The molecule has 1 atom stereocenters. The average molecular weight is 337 g/mol. The Labute approximate surface area is 128 Å². The summed E-state index contributed by atoms with van der Waals surface area (Å²) in [5.41, 5.74) is 0. The van der Waals surface area contributed by atoms with E-state index in [0.717, 1.165) is 10.8 Å². The summed E-state index contributed by atoms with van der Waals surface area (Å²) in [4.78, 5) is 0. The van der Waals surface area contributed by atoms with E-state index in [1.165, 1.54) is 37.4 Å². The van der Waals surface area contributed by atoms with Crippen molar-refractivity contribution >= 4 is 33.5 Å². The molecule has 0 saturated carbocycles. The van der Waals surface area contributed by atoms with E-state index < -0.39 is 10.0 Å². The predicted octanol–water partition coefficient (Wildman–Crippen LogP) is 1.47. The van der Waals surface area contributed by atoms with E-state index in [1.807, 2.05) is 23.5 Å². The molecule has 0 radical (unpaired) electrons. The van der Waals surface area contributed by atoms with Crippen molar-refractivity contribution in [3.63, 3.8) is 0 Å². The van der Waals surface area contributed by atoms with Crippen LogP contribution in [0.3, 0.4) is 0 Å². The molecule has 8 heteroatoms. The molecule has 0 amide bonds. The highest BCUT2D eigenvalue weighted by atomic mass is 32.2. The first-order chi connectivity index (χ1) is 9.50. The topological polar surface area (TPSA) is 62.6 Å². The maximum absolute atomic E-state index is 11.9. The first-order valence-electron chi connectivity index (χ1n) is 6.41. The number of hydrogen-bond acceptors (Lipinski definition) is 6. The Morgan fingerprint density at radius 2 is 2.20 bits per heavy atom. The van der Waals surface area contributed by atoms with Gasteiger partial charge in [-0.3, -0.25) is 0 Å². The van der Waals surface area contributed by atoms with Crippen LogP contribution in [0.4, 0.5) is 0 Å². The van der Waals surface area contributed by atoms with Crippen molar-refractivity contribution in [2.24, 2.45) is 0 Å². The van der Waals surface area contributed by atoms with Crippen molar-refractivity contribution in [2.45, 2.75) is 16.9 Å². The molecular formula is C12H20N2O3S3. The molecular weight excluding hydrogens is 316 g/mol. The molecule has 1 aliphatic heterocycles.